The molecule has 1 aliphatic rings. The van der Waals surface area contributed by atoms with Gasteiger partial charge in [-0.3, -0.25) is 4.99 Å². The molecule has 1 N–H and O–H groups in total. The lowest BCUT2D eigenvalue weighted by Crippen LogP contribution is -2.20. The first-order chi connectivity index (χ1) is 17.5. The van der Waals surface area contributed by atoms with Crippen LogP contribution in [0.2, 0.25) is 5.02 Å². The molecule has 0 saturated carbocycles. The summed E-state index contributed by atoms with van der Waals surface area (Å²) in [6, 6.07) is 30.3. The van der Waals surface area contributed by atoms with Gasteiger partial charge in [0.2, 0.25) is 0 Å². The lowest BCUT2D eigenvalue weighted by atomic mass is 10.00. The van der Waals surface area contributed by atoms with Crippen molar-refractivity contribution in [3.8, 4) is 0 Å². The number of nitrogens with one attached hydrogen (secondary N) is 1. The number of rotatable bonds is 8. The van der Waals surface area contributed by atoms with Crippen molar-refractivity contribution in [2.45, 2.75) is 45.6 Å². The van der Waals surface area contributed by atoms with Crippen LogP contribution in [0.5, 0.6) is 0 Å². The highest BCUT2D eigenvalue weighted by Gasteiger charge is 2.23. The quantitative estimate of drug-likeness (QED) is 0.252. The van der Waals surface area contributed by atoms with Crippen molar-refractivity contribution in [3.05, 3.63) is 123 Å². The fourth-order valence-electron chi connectivity index (χ4n) is 4.83. The Bertz CT molecular complexity index is 1320. The maximum absolute atomic E-state index is 6.68. The third kappa shape index (κ3) is 6.08. The van der Waals surface area contributed by atoms with E-state index in [9.17, 15) is 0 Å². The van der Waals surface area contributed by atoms with E-state index in [-0.39, 0.29) is 6.04 Å². The number of halogens is 1. The smallest absolute Gasteiger partial charge is 0.0981 e. The fraction of sp³-hybridized carbons (Fsp3) is 0.281. The zero-order valence-electron chi connectivity index (χ0n) is 21.0. The Balaban J connectivity index is 1.39. The van der Waals surface area contributed by atoms with E-state index < -0.39 is 0 Å². The molecule has 3 aromatic carbocycles. The van der Waals surface area contributed by atoms with E-state index in [1.54, 1.807) is 0 Å². The summed E-state index contributed by atoms with van der Waals surface area (Å²) in [6.45, 7) is 5.35. The van der Waals surface area contributed by atoms with Gasteiger partial charge in [-0.15, -0.1) is 11.3 Å². The van der Waals surface area contributed by atoms with Crippen LogP contribution >= 0.6 is 22.9 Å². The first-order valence-electron chi connectivity index (χ1n) is 12.9. The minimum Gasteiger partial charge on any atom is -0.374 e. The third-order valence-electron chi connectivity index (χ3n) is 6.62. The highest BCUT2D eigenvalue weighted by molar-refractivity contribution is 7.16. The average molecular weight is 513 g/mol. The molecule has 1 atom stereocenters. The van der Waals surface area contributed by atoms with Gasteiger partial charge in [-0.1, -0.05) is 98.2 Å². The SMILES string of the molecule is CC(C)Cc1ccc(CCc2cc3c(s2)NCC(Cc2ccccc2)N=C3c2ccccc2Cl)cc1. The number of anilines is 1. The summed E-state index contributed by atoms with van der Waals surface area (Å²) in [5.74, 6) is 0.686. The molecule has 36 heavy (non-hydrogen) atoms. The molecule has 0 bridgehead atoms. The monoisotopic (exact) mass is 512 g/mol. The lowest BCUT2D eigenvalue weighted by molar-refractivity contribution is 0.647. The van der Waals surface area contributed by atoms with Crippen LogP contribution in [0, 0.1) is 5.92 Å². The molecule has 4 aromatic rings. The maximum Gasteiger partial charge on any atom is 0.0981 e. The Morgan fingerprint density at radius 3 is 2.33 bits per heavy atom. The summed E-state index contributed by atoms with van der Waals surface area (Å²) in [4.78, 5) is 6.66. The van der Waals surface area contributed by atoms with E-state index >= 15 is 0 Å². The molecule has 0 spiro atoms. The van der Waals surface area contributed by atoms with Crippen LogP contribution in [0.1, 0.15) is 46.5 Å². The van der Waals surface area contributed by atoms with Gasteiger partial charge in [-0.25, -0.2) is 0 Å². The highest BCUT2D eigenvalue weighted by Crippen LogP contribution is 2.35. The van der Waals surface area contributed by atoms with Crippen molar-refractivity contribution < 1.29 is 0 Å². The van der Waals surface area contributed by atoms with Crippen LogP contribution in [0.4, 0.5) is 5.00 Å². The van der Waals surface area contributed by atoms with Crippen LogP contribution in [-0.4, -0.2) is 18.3 Å². The first-order valence-corrected chi connectivity index (χ1v) is 14.1. The molecule has 5 rings (SSSR count). The molecule has 1 aromatic heterocycles. The Morgan fingerprint density at radius 2 is 1.58 bits per heavy atom. The summed E-state index contributed by atoms with van der Waals surface area (Å²) < 4.78 is 0. The standard InChI is InChI=1S/C32H33ClN2S/c1-22(2)18-25-14-12-23(13-15-25)16-17-27-20-29-31(28-10-6-7-11-30(28)33)35-26(21-34-32(29)36-27)19-24-8-4-3-5-9-24/h3-15,20,22,26,34H,16-19,21H2,1-2H3. The second-order valence-corrected chi connectivity index (χ2v) is 11.6. The molecule has 0 amide bonds. The summed E-state index contributed by atoms with van der Waals surface area (Å²) in [5.41, 5.74) is 7.30. The van der Waals surface area contributed by atoms with Gasteiger partial charge in [0, 0.05) is 27.6 Å². The van der Waals surface area contributed by atoms with Crippen LogP contribution < -0.4 is 5.32 Å². The summed E-state index contributed by atoms with van der Waals surface area (Å²) in [5, 5.41) is 5.67. The normalized spacial score (nSPS) is 15.2. The van der Waals surface area contributed by atoms with Crippen molar-refractivity contribution in [2.24, 2.45) is 10.9 Å². The molecule has 0 radical (unpaired) electrons. The predicted molar refractivity (Wildman–Crippen MR) is 156 cm³/mol. The van der Waals surface area contributed by atoms with Crippen LogP contribution in [0.15, 0.2) is 89.9 Å². The van der Waals surface area contributed by atoms with Gasteiger partial charge in [-0.2, -0.15) is 0 Å². The van der Waals surface area contributed by atoms with Gasteiger partial charge in [0.05, 0.1) is 16.8 Å². The van der Waals surface area contributed by atoms with E-state index in [0.717, 1.165) is 48.5 Å². The van der Waals surface area contributed by atoms with E-state index in [0.29, 0.717) is 5.92 Å². The van der Waals surface area contributed by atoms with Crippen molar-refractivity contribution in [1.82, 2.24) is 0 Å². The minimum atomic E-state index is 0.145. The number of hydrogen-bond acceptors (Lipinski definition) is 3. The Hall–Kier alpha value is -2.88. The number of aryl methyl sites for hydroxylation is 2. The fourth-order valence-corrected chi connectivity index (χ4v) is 6.12. The highest BCUT2D eigenvalue weighted by atomic mass is 35.5. The maximum atomic E-state index is 6.68. The molecule has 2 heterocycles. The van der Waals surface area contributed by atoms with Gasteiger partial charge in [0.25, 0.3) is 0 Å². The van der Waals surface area contributed by atoms with Gasteiger partial charge in [-0.05, 0) is 60.4 Å². The Morgan fingerprint density at radius 1 is 0.861 bits per heavy atom. The number of fused-ring (bicyclic) bond motifs is 1. The van der Waals surface area contributed by atoms with Crippen molar-refractivity contribution in [3.63, 3.8) is 0 Å². The van der Waals surface area contributed by atoms with Gasteiger partial charge in [0.1, 0.15) is 0 Å². The number of nitrogens with zero attached hydrogens (tertiary/aromatic N) is 1. The molecule has 0 saturated heterocycles. The Labute approximate surface area is 224 Å². The molecule has 0 aliphatic carbocycles. The first kappa shape index (κ1) is 24.8. The number of aliphatic imine (C=N–C) groups is 1. The molecule has 0 fully saturated rings. The second kappa shape index (κ2) is 11.5. The van der Waals surface area contributed by atoms with Crippen molar-refractivity contribution >= 4 is 33.7 Å². The molecule has 1 unspecified atom stereocenters. The van der Waals surface area contributed by atoms with Gasteiger partial charge in [0.15, 0.2) is 0 Å². The Kier molecular flexibility index (Phi) is 7.89. The predicted octanol–water partition coefficient (Wildman–Crippen LogP) is 8.26. The van der Waals surface area contributed by atoms with Gasteiger partial charge < -0.3 is 5.32 Å². The topological polar surface area (TPSA) is 24.4 Å². The van der Waals surface area contributed by atoms with Crippen LogP contribution in [0.3, 0.4) is 0 Å². The number of hydrogen-bond donors (Lipinski definition) is 1. The second-order valence-electron chi connectivity index (χ2n) is 10.1. The molecule has 1 aliphatic heterocycles. The van der Waals surface area contributed by atoms with E-state index in [4.69, 9.17) is 16.6 Å². The van der Waals surface area contributed by atoms with E-state index in [1.807, 2.05) is 29.5 Å². The average Bonchev–Trinajstić information content (AvgIpc) is 3.21. The molecule has 4 heteroatoms. The molecule has 2 nitrogen and oxygen atoms in total. The third-order valence-corrected chi connectivity index (χ3v) is 8.10. The minimum absolute atomic E-state index is 0.145. The largest absolute Gasteiger partial charge is 0.374 e. The summed E-state index contributed by atoms with van der Waals surface area (Å²) in [6.07, 6.45) is 4.10. The van der Waals surface area contributed by atoms with E-state index in [2.05, 4.69) is 85.9 Å². The zero-order chi connectivity index (χ0) is 24.9. The van der Waals surface area contributed by atoms with Crippen molar-refractivity contribution in [2.75, 3.05) is 11.9 Å². The summed E-state index contributed by atoms with van der Waals surface area (Å²) >= 11 is 8.54. The van der Waals surface area contributed by atoms with Crippen LogP contribution in [-0.2, 0) is 25.7 Å². The van der Waals surface area contributed by atoms with Crippen molar-refractivity contribution in [1.29, 1.82) is 0 Å². The zero-order valence-corrected chi connectivity index (χ0v) is 22.6. The lowest BCUT2D eigenvalue weighted by Gasteiger charge is -2.13. The van der Waals surface area contributed by atoms with Gasteiger partial charge >= 0.3 is 0 Å². The number of benzene rings is 3. The summed E-state index contributed by atoms with van der Waals surface area (Å²) in [7, 11) is 0. The molecular weight excluding hydrogens is 480 g/mol. The molecular formula is C32H33ClN2S. The molecule has 184 valence electrons. The van der Waals surface area contributed by atoms with E-state index in [1.165, 1.54) is 32.1 Å². The number of thiophene rings is 1. The van der Waals surface area contributed by atoms with Crippen LogP contribution in [0.25, 0.3) is 0 Å².